The molecule has 3 rings (SSSR count). The summed E-state index contributed by atoms with van der Waals surface area (Å²) in [7, 11) is -1.11. The van der Waals surface area contributed by atoms with E-state index >= 15 is 0 Å². The average molecular weight is 323 g/mol. The third-order valence-electron chi connectivity index (χ3n) is 3.25. The molecular formula is C15H12F3N3S. The molecular weight excluding hydrogens is 311 g/mol. The molecule has 0 spiro atoms. The quantitative estimate of drug-likeness (QED) is 0.823. The number of hydrogen-bond donors (Lipinski definition) is 2. The fourth-order valence-corrected chi connectivity index (χ4v) is 3.72. The van der Waals surface area contributed by atoms with E-state index in [0.29, 0.717) is 15.6 Å². The lowest BCUT2D eigenvalue weighted by molar-refractivity contribution is -0.137. The number of nitrogens with zero attached hydrogens (tertiary/aromatic N) is 2. The maximum absolute atomic E-state index is 13.4. The van der Waals surface area contributed by atoms with E-state index in [1.807, 2.05) is 0 Å². The lowest BCUT2D eigenvalue weighted by Crippen LogP contribution is -2.11. The van der Waals surface area contributed by atoms with Gasteiger partial charge in [-0.3, -0.25) is 4.98 Å². The summed E-state index contributed by atoms with van der Waals surface area (Å²) in [4.78, 5) is 8.29. The second-order valence-electron chi connectivity index (χ2n) is 4.62. The third kappa shape index (κ3) is 2.71. The zero-order chi connectivity index (χ0) is 15.7. The van der Waals surface area contributed by atoms with Crippen LogP contribution in [0.15, 0.2) is 64.2 Å². The van der Waals surface area contributed by atoms with Crippen LogP contribution in [0.5, 0.6) is 0 Å². The lowest BCUT2D eigenvalue weighted by atomic mass is 10.0. The average Bonchev–Trinajstić information content (AvgIpc) is 2.93. The van der Waals surface area contributed by atoms with Gasteiger partial charge < -0.3 is 5.73 Å². The van der Waals surface area contributed by atoms with Crippen LogP contribution in [0.2, 0.25) is 0 Å². The van der Waals surface area contributed by atoms with Crippen molar-refractivity contribution in [2.75, 3.05) is 0 Å². The number of aliphatic imine (C=N–C) groups is 1. The molecule has 1 atom stereocenters. The van der Waals surface area contributed by atoms with Crippen LogP contribution in [0.4, 0.5) is 13.2 Å². The van der Waals surface area contributed by atoms with Crippen LogP contribution in [-0.4, -0.2) is 10.2 Å². The number of thiol groups is 1. The number of pyridine rings is 1. The molecule has 0 amide bonds. The van der Waals surface area contributed by atoms with Gasteiger partial charge >= 0.3 is 6.18 Å². The molecule has 1 aliphatic rings. The zero-order valence-corrected chi connectivity index (χ0v) is 12.1. The molecule has 1 unspecified atom stereocenters. The van der Waals surface area contributed by atoms with Crippen molar-refractivity contribution in [1.82, 2.24) is 4.98 Å². The van der Waals surface area contributed by atoms with E-state index in [2.05, 4.69) is 9.98 Å². The zero-order valence-electron chi connectivity index (χ0n) is 11.2. The molecule has 1 aromatic carbocycles. The van der Waals surface area contributed by atoms with Crippen LogP contribution >= 0.6 is 10.9 Å². The van der Waals surface area contributed by atoms with Gasteiger partial charge in [0.25, 0.3) is 0 Å². The molecule has 0 saturated heterocycles. The molecule has 3 nitrogen and oxygen atoms in total. The van der Waals surface area contributed by atoms with Gasteiger partial charge in [0.2, 0.25) is 0 Å². The van der Waals surface area contributed by atoms with Gasteiger partial charge in [0.15, 0.2) is 0 Å². The summed E-state index contributed by atoms with van der Waals surface area (Å²) in [5, 5.41) is 2.10. The summed E-state index contributed by atoms with van der Waals surface area (Å²) < 4.78 is 40.2. The highest BCUT2D eigenvalue weighted by molar-refractivity contribution is 8.32. The van der Waals surface area contributed by atoms with Gasteiger partial charge in [-0.15, -0.1) is 10.9 Å². The van der Waals surface area contributed by atoms with Gasteiger partial charge in [-0.05, 0) is 45.7 Å². The number of benzene rings is 1. The van der Waals surface area contributed by atoms with Crippen molar-refractivity contribution in [2.24, 2.45) is 10.7 Å². The van der Waals surface area contributed by atoms with Gasteiger partial charge in [-0.2, -0.15) is 13.2 Å². The Labute approximate surface area is 127 Å². The van der Waals surface area contributed by atoms with Crippen molar-refractivity contribution in [3.63, 3.8) is 0 Å². The van der Waals surface area contributed by atoms with Gasteiger partial charge in [0.1, 0.15) is 5.17 Å². The van der Waals surface area contributed by atoms with Crippen LogP contribution in [0.3, 0.4) is 0 Å². The number of rotatable bonds is 2. The number of amidine groups is 1. The number of hydrogen-bond acceptors (Lipinski definition) is 3. The van der Waals surface area contributed by atoms with Crippen molar-refractivity contribution in [3.8, 4) is 11.1 Å². The summed E-state index contributed by atoms with van der Waals surface area (Å²) in [6.07, 6.45) is 0.0278. The molecule has 2 heterocycles. The molecule has 0 radical (unpaired) electrons. The molecule has 1 aliphatic heterocycles. The smallest absolute Gasteiger partial charge is 0.379 e. The van der Waals surface area contributed by atoms with E-state index in [9.17, 15) is 13.2 Å². The Morgan fingerprint density at radius 2 is 1.77 bits per heavy atom. The van der Waals surface area contributed by atoms with Gasteiger partial charge in [0.05, 0.1) is 5.56 Å². The minimum absolute atomic E-state index is 0.132. The van der Waals surface area contributed by atoms with Crippen LogP contribution in [0, 0.1) is 0 Å². The lowest BCUT2D eigenvalue weighted by Gasteiger charge is -2.18. The van der Waals surface area contributed by atoms with E-state index in [0.717, 1.165) is 0 Å². The van der Waals surface area contributed by atoms with Gasteiger partial charge in [-0.25, -0.2) is 4.99 Å². The second kappa shape index (κ2) is 5.49. The molecule has 0 saturated carbocycles. The fraction of sp³-hybridized carbons (Fsp3) is 0.0667. The highest BCUT2D eigenvalue weighted by atomic mass is 32.2. The van der Waals surface area contributed by atoms with Gasteiger partial charge in [0, 0.05) is 18.6 Å². The molecule has 2 aromatic rings. The predicted octanol–water partition coefficient (Wildman–Crippen LogP) is 3.93. The van der Waals surface area contributed by atoms with E-state index in [1.165, 1.54) is 30.7 Å². The number of aromatic nitrogens is 1. The van der Waals surface area contributed by atoms with E-state index < -0.39 is 22.6 Å². The summed E-state index contributed by atoms with van der Waals surface area (Å²) in [5.41, 5.74) is 5.68. The molecule has 2 N–H and O–H groups in total. The Kier molecular flexibility index (Phi) is 3.66. The Bertz CT molecular complexity index is 754. The van der Waals surface area contributed by atoms with E-state index in [4.69, 9.17) is 5.73 Å². The van der Waals surface area contributed by atoms with Crippen molar-refractivity contribution >= 4 is 16.1 Å². The van der Waals surface area contributed by atoms with Crippen molar-refractivity contribution < 1.29 is 13.2 Å². The normalized spacial score (nSPS) is 19.2. The van der Waals surface area contributed by atoms with Crippen LogP contribution < -0.4 is 5.73 Å². The van der Waals surface area contributed by atoms with Gasteiger partial charge in [-0.1, -0.05) is 6.07 Å². The number of alkyl halides is 3. The molecule has 22 heavy (non-hydrogen) atoms. The second-order valence-corrected chi connectivity index (χ2v) is 6.63. The maximum Gasteiger partial charge on any atom is 0.417 e. The monoisotopic (exact) mass is 323 g/mol. The Morgan fingerprint density at radius 1 is 1.05 bits per heavy atom. The SMILES string of the molecule is NC1=NC=C[SH]1c1ccc(-c2ccncc2)c(C(F)(F)F)c1. The van der Waals surface area contributed by atoms with E-state index in [-0.39, 0.29) is 5.56 Å². The summed E-state index contributed by atoms with van der Waals surface area (Å²) in [6.45, 7) is 0. The number of nitrogens with two attached hydrogens (primary N) is 1. The van der Waals surface area contributed by atoms with Crippen LogP contribution in [0.1, 0.15) is 5.56 Å². The Balaban J connectivity index is 2.13. The van der Waals surface area contributed by atoms with Crippen LogP contribution in [0.25, 0.3) is 11.1 Å². The van der Waals surface area contributed by atoms with Crippen LogP contribution in [-0.2, 0) is 6.18 Å². The maximum atomic E-state index is 13.4. The first kappa shape index (κ1) is 14.6. The molecule has 0 bridgehead atoms. The highest BCUT2D eigenvalue weighted by Crippen LogP contribution is 2.45. The highest BCUT2D eigenvalue weighted by Gasteiger charge is 2.34. The minimum Gasteiger partial charge on any atom is -0.379 e. The first-order valence-corrected chi connectivity index (χ1v) is 7.79. The van der Waals surface area contributed by atoms with E-state index in [1.54, 1.807) is 23.6 Å². The van der Waals surface area contributed by atoms with Crippen molar-refractivity contribution in [3.05, 3.63) is 59.9 Å². The van der Waals surface area contributed by atoms with Crippen molar-refractivity contribution in [1.29, 1.82) is 0 Å². The first-order valence-electron chi connectivity index (χ1n) is 6.37. The Morgan fingerprint density at radius 3 is 2.36 bits per heavy atom. The standard InChI is InChI=1S/C15H12F3N3S/c16-15(17,18)13-9-11(22-8-7-21-14(22)19)1-2-12(13)10-3-5-20-6-4-10/h1-9,22H,(H2,19,21). The molecule has 114 valence electrons. The minimum atomic E-state index is -4.45. The molecule has 0 aliphatic carbocycles. The number of halogens is 3. The fourth-order valence-electron chi connectivity index (χ4n) is 2.23. The summed E-state index contributed by atoms with van der Waals surface area (Å²) in [6, 6.07) is 7.44. The Hall–Kier alpha value is -2.28. The molecule has 1 aromatic heterocycles. The first-order chi connectivity index (χ1) is 10.5. The predicted molar refractivity (Wildman–Crippen MR) is 82.7 cm³/mol. The van der Waals surface area contributed by atoms with Crippen molar-refractivity contribution in [2.45, 2.75) is 11.1 Å². The molecule has 7 heteroatoms. The topological polar surface area (TPSA) is 51.3 Å². The largest absolute Gasteiger partial charge is 0.417 e. The summed E-state index contributed by atoms with van der Waals surface area (Å²) in [5.74, 6) is 0. The summed E-state index contributed by atoms with van der Waals surface area (Å²) >= 11 is 0. The molecule has 0 fully saturated rings. The third-order valence-corrected chi connectivity index (χ3v) is 5.12.